The van der Waals surface area contributed by atoms with Crippen molar-refractivity contribution in [3.8, 4) is 11.8 Å². The summed E-state index contributed by atoms with van der Waals surface area (Å²) in [5.74, 6) is 0.766. The molecule has 2 rings (SSSR count). The zero-order valence-electron chi connectivity index (χ0n) is 10.0. The number of nitrogens with zero attached hydrogens (tertiary/aromatic N) is 2. The number of benzene rings is 1. The van der Waals surface area contributed by atoms with E-state index in [4.69, 9.17) is 16.3 Å². The molecule has 4 heteroatoms. The molecule has 0 aliphatic carbocycles. The lowest BCUT2D eigenvalue weighted by atomic mass is 9.85. The van der Waals surface area contributed by atoms with Crippen LogP contribution < -0.4 is 4.74 Å². The molecule has 0 aromatic heterocycles. The van der Waals surface area contributed by atoms with E-state index < -0.39 is 5.54 Å². The quantitative estimate of drug-likeness (QED) is 0.769. The van der Waals surface area contributed by atoms with Gasteiger partial charge < -0.3 is 4.74 Å². The molecular formula is C13H15ClN2O. The molecule has 1 atom stereocenters. The van der Waals surface area contributed by atoms with Gasteiger partial charge in [0.1, 0.15) is 11.3 Å². The van der Waals surface area contributed by atoms with Crippen molar-refractivity contribution in [3.63, 3.8) is 0 Å². The molecule has 0 spiro atoms. The molecule has 1 heterocycles. The number of nitriles is 1. The van der Waals surface area contributed by atoms with Crippen LogP contribution in [-0.4, -0.2) is 25.6 Å². The molecule has 0 bridgehead atoms. The van der Waals surface area contributed by atoms with Crippen molar-refractivity contribution in [3.05, 3.63) is 28.8 Å². The van der Waals surface area contributed by atoms with Crippen molar-refractivity contribution in [2.45, 2.75) is 18.4 Å². The number of hydrogen-bond acceptors (Lipinski definition) is 3. The first-order valence-electron chi connectivity index (χ1n) is 5.62. The van der Waals surface area contributed by atoms with Gasteiger partial charge in [0.25, 0.3) is 0 Å². The summed E-state index contributed by atoms with van der Waals surface area (Å²) in [5.41, 5.74) is 0.228. The highest BCUT2D eigenvalue weighted by Crippen LogP contribution is 2.40. The molecule has 0 radical (unpaired) electrons. The maximum Gasteiger partial charge on any atom is 0.138 e. The predicted molar refractivity (Wildman–Crippen MR) is 67.2 cm³/mol. The first kappa shape index (κ1) is 12.2. The fraction of sp³-hybridized carbons (Fsp3) is 0.462. The predicted octanol–water partition coefficient (Wildman–Crippen LogP) is 2.79. The van der Waals surface area contributed by atoms with Gasteiger partial charge in [0, 0.05) is 10.6 Å². The second kappa shape index (κ2) is 4.56. The summed E-state index contributed by atoms with van der Waals surface area (Å²) in [6, 6.07) is 7.91. The molecule has 1 aliphatic rings. The van der Waals surface area contributed by atoms with E-state index in [0.717, 1.165) is 24.2 Å². The standard InChI is InChI=1S/C13H15ClN2O/c1-16(2)13(9-15)6-3-7-17-12-5-4-10(14)8-11(12)13/h4-5,8H,3,6-7H2,1-2H3. The van der Waals surface area contributed by atoms with Crippen LogP contribution in [0.5, 0.6) is 5.75 Å². The lowest BCUT2D eigenvalue weighted by molar-refractivity contribution is 0.202. The highest BCUT2D eigenvalue weighted by Gasteiger charge is 2.38. The molecule has 0 fully saturated rings. The summed E-state index contributed by atoms with van der Waals surface area (Å²) < 4.78 is 5.67. The SMILES string of the molecule is CN(C)C1(C#N)CCCOc2ccc(Cl)cc21. The van der Waals surface area contributed by atoms with E-state index in [1.165, 1.54) is 0 Å². The number of rotatable bonds is 1. The van der Waals surface area contributed by atoms with E-state index in [-0.39, 0.29) is 0 Å². The minimum absolute atomic E-state index is 0.635. The van der Waals surface area contributed by atoms with E-state index in [2.05, 4.69) is 6.07 Å². The van der Waals surface area contributed by atoms with Crippen LogP contribution in [0.3, 0.4) is 0 Å². The Hall–Kier alpha value is -1.24. The van der Waals surface area contributed by atoms with Crippen molar-refractivity contribution < 1.29 is 4.74 Å². The summed E-state index contributed by atoms with van der Waals surface area (Å²) in [5, 5.41) is 10.2. The molecule has 0 saturated heterocycles. The molecule has 0 saturated carbocycles. The fourth-order valence-electron chi connectivity index (χ4n) is 2.28. The average Bonchev–Trinajstić information content (AvgIpc) is 2.48. The summed E-state index contributed by atoms with van der Waals surface area (Å²) in [4.78, 5) is 1.94. The third-order valence-electron chi connectivity index (χ3n) is 3.28. The van der Waals surface area contributed by atoms with Crippen molar-refractivity contribution in [2.24, 2.45) is 0 Å². The molecule has 0 N–H and O–H groups in total. The monoisotopic (exact) mass is 250 g/mol. The molecule has 1 aromatic carbocycles. The van der Waals surface area contributed by atoms with Gasteiger partial charge in [0.2, 0.25) is 0 Å². The molecule has 17 heavy (non-hydrogen) atoms. The number of ether oxygens (including phenoxy) is 1. The molecule has 3 nitrogen and oxygen atoms in total. The largest absolute Gasteiger partial charge is 0.493 e. The zero-order valence-corrected chi connectivity index (χ0v) is 10.8. The van der Waals surface area contributed by atoms with Gasteiger partial charge in [0.15, 0.2) is 0 Å². The molecular weight excluding hydrogens is 236 g/mol. The Labute approximate surface area is 107 Å². The maximum absolute atomic E-state index is 9.58. The molecule has 0 amide bonds. The van der Waals surface area contributed by atoms with Crippen LogP contribution in [0, 0.1) is 11.3 Å². The van der Waals surface area contributed by atoms with E-state index in [1.54, 1.807) is 6.07 Å². The van der Waals surface area contributed by atoms with Gasteiger partial charge in [-0.3, -0.25) is 4.90 Å². The third-order valence-corrected chi connectivity index (χ3v) is 3.51. The highest BCUT2D eigenvalue weighted by atomic mass is 35.5. The fourth-order valence-corrected chi connectivity index (χ4v) is 2.45. The van der Waals surface area contributed by atoms with Crippen LogP contribution in [0.25, 0.3) is 0 Å². The smallest absolute Gasteiger partial charge is 0.138 e. The summed E-state index contributed by atoms with van der Waals surface area (Å²) in [7, 11) is 3.83. The summed E-state index contributed by atoms with van der Waals surface area (Å²) in [6.07, 6.45) is 1.61. The Bertz CT molecular complexity index is 467. The van der Waals surface area contributed by atoms with E-state index in [9.17, 15) is 5.26 Å². The van der Waals surface area contributed by atoms with Crippen molar-refractivity contribution in [2.75, 3.05) is 20.7 Å². The Morgan fingerprint density at radius 3 is 2.88 bits per heavy atom. The minimum Gasteiger partial charge on any atom is -0.493 e. The van der Waals surface area contributed by atoms with E-state index in [0.29, 0.717) is 11.6 Å². The first-order valence-corrected chi connectivity index (χ1v) is 5.99. The van der Waals surface area contributed by atoms with Crippen LogP contribution in [0.2, 0.25) is 5.02 Å². The number of hydrogen-bond donors (Lipinski definition) is 0. The van der Waals surface area contributed by atoms with E-state index >= 15 is 0 Å². The lowest BCUT2D eigenvalue weighted by Gasteiger charge is -2.33. The van der Waals surface area contributed by atoms with Crippen LogP contribution in [0.4, 0.5) is 0 Å². The number of halogens is 1. The summed E-state index contributed by atoms with van der Waals surface area (Å²) >= 11 is 6.04. The van der Waals surface area contributed by atoms with Gasteiger partial charge in [-0.2, -0.15) is 5.26 Å². The van der Waals surface area contributed by atoms with Crippen LogP contribution in [0.15, 0.2) is 18.2 Å². The lowest BCUT2D eigenvalue weighted by Crippen LogP contribution is -2.39. The average molecular weight is 251 g/mol. The van der Waals surface area contributed by atoms with Gasteiger partial charge in [0.05, 0.1) is 12.7 Å². The topological polar surface area (TPSA) is 36.3 Å². The van der Waals surface area contributed by atoms with Gasteiger partial charge in [-0.15, -0.1) is 0 Å². The molecule has 1 unspecified atom stereocenters. The van der Waals surface area contributed by atoms with E-state index in [1.807, 2.05) is 31.1 Å². The second-order valence-corrected chi connectivity index (χ2v) is 4.90. The molecule has 90 valence electrons. The first-order chi connectivity index (χ1) is 8.10. The molecule has 1 aromatic rings. The van der Waals surface area contributed by atoms with Crippen LogP contribution >= 0.6 is 11.6 Å². The van der Waals surface area contributed by atoms with Crippen molar-refractivity contribution in [1.29, 1.82) is 5.26 Å². The minimum atomic E-state index is -0.642. The Balaban J connectivity index is 2.64. The summed E-state index contributed by atoms with van der Waals surface area (Å²) in [6.45, 7) is 0.645. The van der Waals surface area contributed by atoms with Gasteiger partial charge in [-0.05, 0) is 45.1 Å². The maximum atomic E-state index is 9.58. The Morgan fingerprint density at radius 2 is 2.24 bits per heavy atom. The second-order valence-electron chi connectivity index (χ2n) is 4.46. The highest BCUT2D eigenvalue weighted by molar-refractivity contribution is 6.30. The normalized spacial score (nSPS) is 23.5. The van der Waals surface area contributed by atoms with Gasteiger partial charge in [-0.1, -0.05) is 11.6 Å². The Kier molecular flexibility index (Phi) is 3.28. The van der Waals surface area contributed by atoms with Crippen molar-refractivity contribution in [1.82, 2.24) is 4.90 Å². The number of fused-ring (bicyclic) bond motifs is 1. The Morgan fingerprint density at radius 1 is 1.47 bits per heavy atom. The van der Waals surface area contributed by atoms with Gasteiger partial charge in [-0.25, -0.2) is 0 Å². The zero-order chi connectivity index (χ0) is 12.5. The van der Waals surface area contributed by atoms with Gasteiger partial charge >= 0.3 is 0 Å². The van der Waals surface area contributed by atoms with Crippen molar-refractivity contribution >= 4 is 11.6 Å². The molecule has 1 aliphatic heterocycles. The van der Waals surface area contributed by atoms with Crippen LogP contribution in [-0.2, 0) is 5.54 Å². The van der Waals surface area contributed by atoms with Crippen LogP contribution in [0.1, 0.15) is 18.4 Å². The third kappa shape index (κ3) is 1.99.